The highest BCUT2D eigenvalue weighted by Gasteiger charge is 2.13. The van der Waals surface area contributed by atoms with E-state index in [1.807, 2.05) is 13.8 Å². The summed E-state index contributed by atoms with van der Waals surface area (Å²) in [5.74, 6) is 0.295. The molecule has 6 heteroatoms. The Morgan fingerprint density at radius 3 is 2.64 bits per heavy atom. The van der Waals surface area contributed by atoms with Gasteiger partial charge in [-0.25, -0.2) is 0 Å². The first-order valence-corrected chi connectivity index (χ1v) is 9.32. The molecule has 2 aromatic rings. The highest BCUT2D eigenvalue weighted by Crippen LogP contribution is 2.16. The zero-order chi connectivity index (χ0) is 20.4. The molecule has 0 saturated carbocycles. The van der Waals surface area contributed by atoms with Crippen LogP contribution < -0.4 is 15.4 Å². The molecular weight excluding hydrogens is 354 g/mol. The van der Waals surface area contributed by atoms with Crippen LogP contribution in [0, 0.1) is 11.3 Å². The molecule has 2 amide bonds. The average Bonchev–Trinajstić information content (AvgIpc) is 2.67. The summed E-state index contributed by atoms with van der Waals surface area (Å²) in [6, 6.07) is 16.0. The fraction of sp³-hybridized carbons (Fsp3) is 0.318. The fourth-order valence-electron chi connectivity index (χ4n) is 2.58. The van der Waals surface area contributed by atoms with Gasteiger partial charge in [-0.05, 0) is 57.0 Å². The van der Waals surface area contributed by atoms with Crippen LogP contribution in [0.5, 0.6) is 5.75 Å². The largest absolute Gasteiger partial charge is 0.494 e. The van der Waals surface area contributed by atoms with Crippen LogP contribution in [0.1, 0.15) is 49.0 Å². The number of anilines is 1. The Labute approximate surface area is 165 Å². The van der Waals surface area contributed by atoms with Gasteiger partial charge in [-0.1, -0.05) is 18.2 Å². The van der Waals surface area contributed by atoms with Gasteiger partial charge in [0.2, 0.25) is 5.91 Å². The van der Waals surface area contributed by atoms with Crippen LogP contribution in [0.15, 0.2) is 48.5 Å². The lowest BCUT2D eigenvalue weighted by atomic mass is 10.1. The van der Waals surface area contributed by atoms with E-state index in [1.54, 1.807) is 48.5 Å². The van der Waals surface area contributed by atoms with E-state index in [0.29, 0.717) is 48.4 Å². The van der Waals surface area contributed by atoms with Gasteiger partial charge in [0.05, 0.1) is 29.5 Å². The first-order valence-electron chi connectivity index (χ1n) is 9.32. The number of nitrogens with one attached hydrogen (secondary N) is 2. The third-order valence-corrected chi connectivity index (χ3v) is 3.90. The topological polar surface area (TPSA) is 91.2 Å². The standard InChI is InChI=1S/C22H25N3O3/c1-16(2)24-22(27)19-10-3-4-11-20(19)25-21(26)12-5-6-13-28-18-9-7-8-17(14-18)15-23/h3-4,7-11,14,16H,5-6,12-13H2,1-2H3,(H,24,27)(H,25,26). The van der Waals surface area contributed by atoms with Crippen molar-refractivity contribution in [1.29, 1.82) is 5.26 Å². The number of para-hydroxylation sites is 1. The number of hydrogen-bond donors (Lipinski definition) is 2. The molecule has 28 heavy (non-hydrogen) atoms. The lowest BCUT2D eigenvalue weighted by Crippen LogP contribution is -2.31. The molecular formula is C22H25N3O3. The first kappa shape index (κ1) is 21.0. The van der Waals surface area contributed by atoms with E-state index in [0.717, 1.165) is 0 Å². The van der Waals surface area contributed by atoms with Gasteiger partial charge in [-0.2, -0.15) is 5.26 Å². The molecule has 0 aliphatic carbocycles. The molecule has 0 fully saturated rings. The zero-order valence-electron chi connectivity index (χ0n) is 16.2. The third kappa shape index (κ3) is 6.76. The molecule has 0 aliphatic rings. The summed E-state index contributed by atoms with van der Waals surface area (Å²) in [4.78, 5) is 24.4. The van der Waals surface area contributed by atoms with Crippen LogP contribution in [-0.4, -0.2) is 24.5 Å². The van der Waals surface area contributed by atoms with E-state index in [2.05, 4.69) is 16.7 Å². The van der Waals surface area contributed by atoms with Crippen molar-refractivity contribution in [2.24, 2.45) is 0 Å². The number of hydrogen-bond acceptors (Lipinski definition) is 4. The Morgan fingerprint density at radius 1 is 1.11 bits per heavy atom. The second-order valence-corrected chi connectivity index (χ2v) is 6.67. The molecule has 2 N–H and O–H groups in total. The van der Waals surface area contributed by atoms with Gasteiger partial charge in [0, 0.05) is 12.5 Å². The van der Waals surface area contributed by atoms with E-state index in [4.69, 9.17) is 10.00 Å². The number of rotatable bonds is 9. The van der Waals surface area contributed by atoms with Gasteiger partial charge in [0.25, 0.3) is 5.91 Å². The van der Waals surface area contributed by atoms with Crippen molar-refractivity contribution in [2.75, 3.05) is 11.9 Å². The van der Waals surface area contributed by atoms with Gasteiger partial charge in [-0.15, -0.1) is 0 Å². The minimum Gasteiger partial charge on any atom is -0.494 e. The number of benzene rings is 2. The second kappa shape index (κ2) is 10.7. The minimum atomic E-state index is -0.209. The van der Waals surface area contributed by atoms with Crippen molar-refractivity contribution >= 4 is 17.5 Å². The molecule has 146 valence electrons. The summed E-state index contributed by atoms with van der Waals surface area (Å²) >= 11 is 0. The number of carbonyl (C=O) groups is 2. The number of ether oxygens (including phenoxy) is 1. The maximum atomic E-state index is 12.2. The zero-order valence-corrected chi connectivity index (χ0v) is 16.2. The molecule has 0 aromatic heterocycles. The summed E-state index contributed by atoms with van der Waals surface area (Å²) in [5.41, 5.74) is 1.51. The van der Waals surface area contributed by atoms with Crippen molar-refractivity contribution in [3.63, 3.8) is 0 Å². The Hall–Kier alpha value is -3.33. The van der Waals surface area contributed by atoms with Gasteiger partial charge < -0.3 is 15.4 Å². The van der Waals surface area contributed by atoms with E-state index >= 15 is 0 Å². The number of unbranched alkanes of at least 4 members (excludes halogenated alkanes) is 1. The van der Waals surface area contributed by atoms with Crippen molar-refractivity contribution in [2.45, 2.75) is 39.2 Å². The lowest BCUT2D eigenvalue weighted by Gasteiger charge is -2.13. The molecule has 2 aromatic carbocycles. The Bertz CT molecular complexity index is 856. The van der Waals surface area contributed by atoms with Crippen molar-refractivity contribution in [3.8, 4) is 11.8 Å². The molecule has 0 atom stereocenters. The van der Waals surface area contributed by atoms with Gasteiger partial charge in [-0.3, -0.25) is 9.59 Å². The maximum absolute atomic E-state index is 12.2. The molecule has 0 aliphatic heterocycles. The van der Waals surface area contributed by atoms with Gasteiger partial charge in [0.15, 0.2) is 0 Å². The molecule has 0 radical (unpaired) electrons. The predicted molar refractivity (Wildman–Crippen MR) is 108 cm³/mol. The monoisotopic (exact) mass is 379 g/mol. The highest BCUT2D eigenvalue weighted by atomic mass is 16.5. The minimum absolute atomic E-state index is 0.0186. The second-order valence-electron chi connectivity index (χ2n) is 6.67. The predicted octanol–water partition coefficient (Wildman–Crippen LogP) is 3.88. The first-order chi connectivity index (χ1) is 13.5. The summed E-state index contributed by atoms with van der Waals surface area (Å²) in [6.45, 7) is 4.24. The fourth-order valence-corrected chi connectivity index (χ4v) is 2.58. The smallest absolute Gasteiger partial charge is 0.253 e. The van der Waals surface area contributed by atoms with Crippen LogP contribution in [0.3, 0.4) is 0 Å². The van der Waals surface area contributed by atoms with E-state index in [9.17, 15) is 9.59 Å². The molecule has 0 heterocycles. The molecule has 0 unspecified atom stereocenters. The molecule has 0 spiro atoms. The molecule has 2 rings (SSSR count). The van der Waals surface area contributed by atoms with Crippen molar-refractivity contribution < 1.29 is 14.3 Å². The lowest BCUT2D eigenvalue weighted by molar-refractivity contribution is -0.116. The molecule has 0 bridgehead atoms. The summed E-state index contributed by atoms with van der Waals surface area (Å²) in [6.07, 6.45) is 1.70. The van der Waals surface area contributed by atoms with E-state index < -0.39 is 0 Å². The van der Waals surface area contributed by atoms with Crippen LogP contribution in [-0.2, 0) is 4.79 Å². The van der Waals surface area contributed by atoms with E-state index in [1.165, 1.54) is 0 Å². The maximum Gasteiger partial charge on any atom is 0.253 e. The highest BCUT2D eigenvalue weighted by molar-refractivity contribution is 6.03. The Morgan fingerprint density at radius 2 is 1.89 bits per heavy atom. The number of nitrogens with zero attached hydrogens (tertiary/aromatic N) is 1. The Balaban J connectivity index is 1.77. The molecule has 0 saturated heterocycles. The van der Waals surface area contributed by atoms with Crippen LogP contribution in [0.25, 0.3) is 0 Å². The summed E-state index contributed by atoms with van der Waals surface area (Å²) < 4.78 is 5.60. The van der Waals surface area contributed by atoms with Crippen LogP contribution in [0.2, 0.25) is 0 Å². The van der Waals surface area contributed by atoms with Gasteiger partial charge in [0.1, 0.15) is 5.75 Å². The average molecular weight is 379 g/mol. The van der Waals surface area contributed by atoms with Crippen molar-refractivity contribution in [1.82, 2.24) is 5.32 Å². The van der Waals surface area contributed by atoms with Crippen LogP contribution in [0.4, 0.5) is 5.69 Å². The van der Waals surface area contributed by atoms with Crippen molar-refractivity contribution in [3.05, 3.63) is 59.7 Å². The van der Waals surface area contributed by atoms with Gasteiger partial charge >= 0.3 is 0 Å². The van der Waals surface area contributed by atoms with E-state index in [-0.39, 0.29) is 17.9 Å². The Kier molecular flexibility index (Phi) is 8.04. The SMILES string of the molecule is CC(C)NC(=O)c1ccccc1NC(=O)CCCCOc1cccc(C#N)c1. The number of amides is 2. The quantitative estimate of drug-likeness (QED) is 0.647. The third-order valence-electron chi connectivity index (χ3n) is 3.90. The normalized spacial score (nSPS) is 10.2. The number of nitriles is 1. The summed E-state index contributed by atoms with van der Waals surface area (Å²) in [7, 11) is 0. The summed E-state index contributed by atoms with van der Waals surface area (Å²) in [5, 5.41) is 14.5. The molecule has 6 nitrogen and oxygen atoms in total. The van der Waals surface area contributed by atoms with Crippen LogP contribution >= 0.6 is 0 Å². The number of carbonyl (C=O) groups excluding carboxylic acids is 2.